The number of carboxylic acid groups (broad SMARTS) is 1. The molecule has 1 amide bonds. The normalized spacial score (nSPS) is 14.2. The van der Waals surface area contributed by atoms with Crippen LogP contribution in [0.15, 0.2) is 30.3 Å². The number of hydrogen-bond acceptors (Lipinski definition) is 4. The molecule has 6 nitrogen and oxygen atoms in total. The van der Waals surface area contributed by atoms with Gasteiger partial charge in [0.1, 0.15) is 11.6 Å². The number of carbonyl (C=O) groups is 2. The lowest BCUT2D eigenvalue weighted by Crippen LogP contribution is -2.51. The van der Waals surface area contributed by atoms with Gasteiger partial charge in [-0.1, -0.05) is 44.2 Å². The third kappa shape index (κ3) is 7.87. The minimum atomic E-state index is -0.863. The van der Waals surface area contributed by atoms with Gasteiger partial charge in [0.25, 0.3) is 0 Å². The van der Waals surface area contributed by atoms with Crippen molar-refractivity contribution in [2.45, 2.75) is 58.7 Å². The van der Waals surface area contributed by atoms with Crippen LogP contribution >= 0.6 is 0 Å². The highest BCUT2D eigenvalue weighted by Crippen LogP contribution is 2.13. The predicted molar refractivity (Wildman–Crippen MR) is 102 cm³/mol. The number of ether oxygens (including phenoxy) is 1. The van der Waals surface area contributed by atoms with E-state index in [1.165, 1.54) is 0 Å². The van der Waals surface area contributed by atoms with Crippen molar-refractivity contribution in [2.75, 3.05) is 13.6 Å². The van der Waals surface area contributed by atoms with Gasteiger partial charge in [0, 0.05) is 12.6 Å². The van der Waals surface area contributed by atoms with Crippen LogP contribution < -0.4 is 5.32 Å². The maximum atomic E-state index is 12.2. The van der Waals surface area contributed by atoms with Crippen molar-refractivity contribution in [3.05, 3.63) is 35.9 Å². The van der Waals surface area contributed by atoms with Gasteiger partial charge in [0.2, 0.25) is 0 Å². The molecule has 26 heavy (non-hydrogen) atoms. The first-order valence-electron chi connectivity index (χ1n) is 8.96. The van der Waals surface area contributed by atoms with E-state index in [-0.39, 0.29) is 12.0 Å². The molecule has 0 spiro atoms. The quantitative estimate of drug-likeness (QED) is 0.741. The zero-order chi connectivity index (χ0) is 19.9. The summed E-state index contributed by atoms with van der Waals surface area (Å²) in [7, 11) is 1.77. The molecule has 0 radical (unpaired) electrons. The summed E-state index contributed by atoms with van der Waals surface area (Å²) in [5.74, 6) is -0.908. The van der Waals surface area contributed by atoms with Gasteiger partial charge >= 0.3 is 12.1 Å². The molecule has 0 saturated heterocycles. The number of nitrogens with zero attached hydrogens (tertiary/aromatic N) is 1. The van der Waals surface area contributed by atoms with Crippen molar-refractivity contribution < 1.29 is 19.4 Å². The summed E-state index contributed by atoms with van der Waals surface area (Å²) in [6, 6.07) is 8.91. The number of amides is 1. The summed E-state index contributed by atoms with van der Waals surface area (Å²) in [6.45, 7) is 9.59. The number of hydrogen-bond donors (Lipinski definition) is 2. The van der Waals surface area contributed by atoms with Crippen molar-refractivity contribution in [1.29, 1.82) is 0 Å². The van der Waals surface area contributed by atoms with Crippen LogP contribution in [0.5, 0.6) is 0 Å². The molecular formula is C20H32N2O4. The second kappa shape index (κ2) is 9.57. The van der Waals surface area contributed by atoms with Crippen LogP contribution in [0, 0.1) is 5.92 Å². The Morgan fingerprint density at radius 1 is 1.19 bits per heavy atom. The number of carbonyl (C=O) groups excluding carboxylic acids is 1. The van der Waals surface area contributed by atoms with E-state index < -0.39 is 23.7 Å². The molecule has 0 aliphatic rings. The average molecular weight is 364 g/mol. The van der Waals surface area contributed by atoms with Gasteiger partial charge in [-0.15, -0.1) is 0 Å². The molecule has 1 rings (SSSR count). The Morgan fingerprint density at radius 2 is 1.77 bits per heavy atom. The lowest BCUT2D eigenvalue weighted by Gasteiger charge is -2.32. The number of aliphatic carboxylic acids is 1. The monoisotopic (exact) mass is 364 g/mol. The highest BCUT2D eigenvalue weighted by molar-refractivity contribution is 5.73. The molecule has 1 aromatic carbocycles. The molecular weight excluding hydrogens is 332 g/mol. The van der Waals surface area contributed by atoms with Crippen molar-refractivity contribution in [2.24, 2.45) is 5.92 Å². The molecule has 0 aromatic heterocycles. The number of alkyl carbamates (subject to hydrolysis) is 1. The van der Waals surface area contributed by atoms with Crippen LogP contribution in [0.1, 0.15) is 40.2 Å². The van der Waals surface area contributed by atoms with Crippen LogP contribution in [-0.4, -0.2) is 53.3 Å². The number of nitrogens with one attached hydrogen (secondary N) is 1. The SMILES string of the molecule is CC(C)C(C(=O)O)N(C)CC(Cc1ccccc1)NC(=O)OC(C)(C)C. The third-order valence-corrected chi connectivity index (χ3v) is 3.91. The van der Waals surface area contributed by atoms with Gasteiger partial charge in [-0.2, -0.15) is 0 Å². The molecule has 0 fully saturated rings. The van der Waals surface area contributed by atoms with Gasteiger partial charge in [-0.25, -0.2) is 4.79 Å². The zero-order valence-electron chi connectivity index (χ0n) is 16.7. The molecule has 0 saturated carbocycles. The van der Waals surface area contributed by atoms with Gasteiger partial charge in [-0.05, 0) is 45.7 Å². The molecule has 0 bridgehead atoms. The molecule has 1 aromatic rings. The summed E-state index contributed by atoms with van der Waals surface area (Å²) in [4.78, 5) is 25.6. The Kier molecular flexibility index (Phi) is 8.08. The first kappa shape index (κ1) is 22.0. The van der Waals surface area contributed by atoms with Crippen LogP contribution in [0.25, 0.3) is 0 Å². The van der Waals surface area contributed by atoms with Gasteiger partial charge in [0.05, 0.1) is 0 Å². The van der Waals surface area contributed by atoms with Crippen LogP contribution in [0.3, 0.4) is 0 Å². The first-order valence-corrected chi connectivity index (χ1v) is 8.96. The fourth-order valence-corrected chi connectivity index (χ4v) is 2.98. The van der Waals surface area contributed by atoms with E-state index in [4.69, 9.17) is 4.74 Å². The molecule has 2 atom stereocenters. The number of rotatable bonds is 8. The summed E-state index contributed by atoms with van der Waals surface area (Å²) in [5.41, 5.74) is 0.479. The summed E-state index contributed by atoms with van der Waals surface area (Å²) < 4.78 is 5.36. The first-order chi connectivity index (χ1) is 12.0. The third-order valence-electron chi connectivity index (χ3n) is 3.91. The highest BCUT2D eigenvalue weighted by Gasteiger charge is 2.29. The zero-order valence-corrected chi connectivity index (χ0v) is 16.7. The average Bonchev–Trinajstić information content (AvgIpc) is 2.44. The van der Waals surface area contributed by atoms with Crippen molar-refractivity contribution in [3.63, 3.8) is 0 Å². The Balaban J connectivity index is 2.89. The predicted octanol–water partition coefficient (Wildman–Crippen LogP) is 3.16. The largest absolute Gasteiger partial charge is 0.480 e. The van der Waals surface area contributed by atoms with Gasteiger partial charge < -0.3 is 15.2 Å². The van der Waals surface area contributed by atoms with Gasteiger partial charge in [-0.3, -0.25) is 9.69 Å². The van der Waals surface area contributed by atoms with Crippen LogP contribution in [-0.2, 0) is 16.0 Å². The second-order valence-corrected chi connectivity index (χ2v) is 8.00. The lowest BCUT2D eigenvalue weighted by atomic mass is 10.0. The molecule has 0 aliphatic heterocycles. The Bertz CT molecular complexity index is 581. The Morgan fingerprint density at radius 3 is 2.23 bits per heavy atom. The second-order valence-electron chi connectivity index (χ2n) is 8.00. The molecule has 2 N–H and O–H groups in total. The smallest absolute Gasteiger partial charge is 0.407 e. The Labute approximate surface area is 156 Å². The van der Waals surface area contributed by atoms with Crippen molar-refractivity contribution >= 4 is 12.1 Å². The molecule has 146 valence electrons. The summed E-state index contributed by atoms with van der Waals surface area (Å²) >= 11 is 0. The molecule has 2 unspecified atom stereocenters. The maximum absolute atomic E-state index is 12.2. The molecule has 6 heteroatoms. The van der Waals surface area contributed by atoms with Crippen LogP contribution in [0.4, 0.5) is 4.79 Å². The standard InChI is InChI=1S/C20H32N2O4/c1-14(2)17(18(23)24)22(6)13-16(12-15-10-8-7-9-11-15)21-19(25)26-20(3,4)5/h7-11,14,16-17H,12-13H2,1-6H3,(H,21,25)(H,23,24). The topological polar surface area (TPSA) is 78.9 Å². The highest BCUT2D eigenvalue weighted by atomic mass is 16.6. The van der Waals surface area contributed by atoms with Crippen molar-refractivity contribution in [1.82, 2.24) is 10.2 Å². The van der Waals surface area contributed by atoms with Gasteiger partial charge in [0.15, 0.2) is 0 Å². The van der Waals surface area contributed by atoms with E-state index in [2.05, 4.69) is 5.32 Å². The van der Waals surface area contributed by atoms with Crippen LogP contribution in [0.2, 0.25) is 0 Å². The molecule has 0 aliphatic carbocycles. The number of likely N-dealkylation sites (N-methyl/N-ethyl adjacent to an activating group) is 1. The number of carboxylic acids is 1. The lowest BCUT2D eigenvalue weighted by molar-refractivity contribution is -0.144. The minimum absolute atomic E-state index is 0.0450. The van der Waals surface area contributed by atoms with E-state index in [0.29, 0.717) is 13.0 Å². The van der Waals surface area contributed by atoms with Crippen molar-refractivity contribution in [3.8, 4) is 0 Å². The summed E-state index contributed by atoms with van der Waals surface area (Å²) in [6.07, 6.45) is 0.0951. The minimum Gasteiger partial charge on any atom is -0.480 e. The fourth-order valence-electron chi connectivity index (χ4n) is 2.98. The van der Waals surface area contributed by atoms with E-state index >= 15 is 0 Å². The van der Waals surface area contributed by atoms with E-state index in [9.17, 15) is 14.7 Å². The van der Waals surface area contributed by atoms with E-state index in [1.54, 1.807) is 11.9 Å². The maximum Gasteiger partial charge on any atom is 0.407 e. The summed E-state index contributed by atoms with van der Waals surface area (Å²) in [5, 5.41) is 12.4. The van der Waals surface area contributed by atoms with E-state index in [1.807, 2.05) is 65.0 Å². The Hall–Kier alpha value is -2.08. The van der Waals surface area contributed by atoms with E-state index in [0.717, 1.165) is 5.56 Å². The molecule has 0 heterocycles. The number of benzene rings is 1. The fraction of sp³-hybridized carbons (Fsp3) is 0.600.